The Morgan fingerprint density at radius 1 is 1.20 bits per heavy atom. The third-order valence-electron chi connectivity index (χ3n) is 5.33. The summed E-state index contributed by atoms with van der Waals surface area (Å²) in [6.07, 6.45) is 0.916. The van der Waals surface area contributed by atoms with Gasteiger partial charge in [0.15, 0.2) is 0 Å². The molecule has 9 heteroatoms. The molecule has 1 aliphatic heterocycles. The number of hydrogen-bond donors (Lipinski definition) is 0. The Bertz CT molecular complexity index is 1010. The topological polar surface area (TPSA) is 97.1 Å². The van der Waals surface area contributed by atoms with Crippen LogP contribution >= 0.6 is 0 Å². The highest BCUT2D eigenvalue weighted by molar-refractivity contribution is 7.89. The molecule has 8 nitrogen and oxygen atoms in total. The largest absolute Gasteiger partial charge is 0.465 e. The first-order chi connectivity index (χ1) is 14.2. The Hall–Kier alpha value is -2.65. The van der Waals surface area contributed by atoms with Gasteiger partial charge in [0.05, 0.1) is 18.6 Å². The molecule has 0 saturated carbocycles. The number of piperidine rings is 1. The minimum absolute atomic E-state index is 0.0690. The highest BCUT2D eigenvalue weighted by Gasteiger charge is 2.33. The van der Waals surface area contributed by atoms with Crippen molar-refractivity contribution < 1.29 is 27.2 Å². The Morgan fingerprint density at radius 3 is 2.43 bits per heavy atom. The number of methoxy groups -OCH3 is 1. The minimum atomic E-state index is -3.54. The monoisotopic (exact) mass is 434 g/mol. The van der Waals surface area contributed by atoms with Crippen molar-refractivity contribution >= 4 is 21.9 Å². The van der Waals surface area contributed by atoms with Crippen LogP contribution < -0.4 is 0 Å². The lowest BCUT2D eigenvalue weighted by atomic mass is 9.96. The number of rotatable bonds is 6. The number of esters is 1. The summed E-state index contributed by atoms with van der Waals surface area (Å²) in [6, 6.07) is 9.90. The van der Waals surface area contributed by atoms with E-state index in [1.54, 1.807) is 55.3 Å². The number of aryl methyl sites for hydroxylation is 1. The summed E-state index contributed by atoms with van der Waals surface area (Å²) in [5.41, 5.74) is 0.341. The number of carbonyl (C=O) groups excluding carboxylic acids is 2. The van der Waals surface area contributed by atoms with Crippen LogP contribution in [0.2, 0.25) is 0 Å². The Balaban J connectivity index is 1.59. The maximum Gasteiger partial charge on any atom is 0.341 e. The fourth-order valence-electron chi connectivity index (χ4n) is 3.64. The van der Waals surface area contributed by atoms with Gasteiger partial charge in [0.25, 0.3) is 0 Å². The van der Waals surface area contributed by atoms with Crippen LogP contribution in [0.15, 0.2) is 45.7 Å². The summed E-state index contributed by atoms with van der Waals surface area (Å²) in [7, 11) is -0.571. The van der Waals surface area contributed by atoms with Crippen LogP contribution in [0.5, 0.6) is 0 Å². The van der Waals surface area contributed by atoms with Crippen LogP contribution in [0.25, 0.3) is 0 Å². The Morgan fingerprint density at radius 2 is 1.83 bits per heavy atom. The molecule has 162 valence electrons. The van der Waals surface area contributed by atoms with Crippen molar-refractivity contribution in [3.8, 4) is 0 Å². The molecule has 0 atom stereocenters. The van der Waals surface area contributed by atoms with Crippen molar-refractivity contribution in [2.45, 2.75) is 31.2 Å². The molecule has 1 aromatic heterocycles. The van der Waals surface area contributed by atoms with E-state index in [1.807, 2.05) is 0 Å². The van der Waals surface area contributed by atoms with Gasteiger partial charge in [-0.1, -0.05) is 18.2 Å². The van der Waals surface area contributed by atoms with Crippen LogP contribution in [-0.2, 0) is 26.1 Å². The quantitative estimate of drug-likeness (QED) is 0.648. The van der Waals surface area contributed by atoms with E-state index in [0.717, 1.165) is 0 Å². The summed E-state index contributed by atoms with van der Waals surface area (Å²) < 4.78 is 37.2. The molecule has 0 radical (unpaired) electrons. The zero-order valence-electron chi connectivity index (χ0n) is 17.3. The second kappa shape index (κ2) is 9.01. The van der Waals surface area contributed by atoms with Crippen molar-refractivity contribution in [3.63, 3.8) is 0 Å². The average molecular weight is 435 g/mol. The first-order valence-electron chi connectivity index (χ1n) is 9.72. The number of hydrogen-bond acceptors (Lipinski definition) is 6. The lowest BCUT2D eigenvalue weighted by molar-refractivity contribution is -0.136. The molecule has 1 aromatic carbocycles. The maximum absolute atomic E-state index is 12.8. The maximum atomic E-state index is 12.8. The van der Waals surface area contributed by atoms with Crippen LogP contribution in [0.3, 0.4) is 0 Å². The van der Waals surface area contributed by atoms with Gasteiger partial charge in [-0.05, 0) is 38.0 Å². The number of furan rings is 1. The third kappa shape index (κ3) is 4.57. The number of sulfonamides is 1. The van der Waals surface area contributed by atoms with Gasteiger partial charge in [0.1, 0.15) is 17.1 Å². The molecular weight excluding hydrogens is 408 g/mol. The predicted octanol–water partition coefficient (Wildman–Crippen LogP) is 2.43. The van der Waals surface area contributed by atoms with Crippen molar-refractivity contribution in [2.75, 3.05) is 27.2 Å². The number of amides is 1. The molecule has 1 amide bonds. The highest BCUT2D eigenvalue weighted by atomic mass is 32.2. The molecule has 0 aliphatic carbocycles. The summed E-state index contributed by atoms with van der Waals surface area (Å²) in [5.74, 6) is 0.127. The normalized spacial score (nSPS) is 15.7. The number of ether oxygens (including phenoxy) is 1. The third-order valence-corrected chi connectivity index (χ3v) is 7.24. The first kappa shape index (κ1) is 22.0. The summed E-state index contributed by atoms with van der Waals surface area (Å²) in [5, 5.41) is 0. The summed E-state index contributed by atoms with van der Waals surface area (Å²) >= 11 is 0. The van der Waals surface area contributed by atoms with Gasteiger partial charge in [-0.2, -0.15) is 4.31 Å². The van der Waals surface area contributed by atoms with Gasteiger partial charge in [0.2, 0.25) is 15.9 Å². The van der Waals surface area contributed by atoms with E-state index in [-0.39, 0.29) is 23.3 Å². The van der Waals surface area contributed by atoms with Gasteiger partial charge in [-0.15, -0.1) is 0 Å². The Kier molecular flexibility index (Phi) is 6.62. The van der Waals surface area contributed by atoms with Crippen LogP contribution in [0.1, 0.15) is 34.7 Å². The predicted molar refractivity (Wildman–Crippen MR) is 109 cm³/mol. The molecule has 2 heterocycles. The summed E-state index contributed by atoms with van der Waals surface area (Å²) in [4.78, 5) is 26.4. The zero-order valence-corrected chi connectivity index (χ0v) is 18.1. The number of nitrogens with zero attached hydrogens (tertiary/aromatic N) is 2. The van der Waals surface area contributed by atoms with Gasteiger partial charge >= 0.3 is 5.97 Å². The fraction of sp³-hybridized carbons (Fsp3) is 0.429. The van der Waals surface area contributed by atoms with Crippen LogP contribution in [-0.4, -0.2) is 56.7 Å². The van der Waals surface area contributed by atoms with Gasteiger partial charge in [-0.3, -0.25) is 4.79 Å². The van der Waals surface area contributed by atoms with Crippen molar-refractivity contribution in [1.82, 2.24) is 9.21 Å². The second-order valence-electron chi connectivity index (χ2n) is 7.36. The molecule has 0 spiro atoms. The molecule has 0 N–H and O–H groups in total. The molecular formula is C21H26N2O6S. The smallest absolute Gasteiger partial charge is 0.341 e. The van der Waals surface area contributed by atoms with E-state index in [2.05, 4.69) is 0 Å². The summed E-state index contributed by atoms with van der Waals surface area (Å²) in [6.45, 7) is 2.49. The lowest BCUT2D eigenvalue weighted by Crippen LogP contribution is -2.43. The number of carbonyl (C=O) groups is 2. The minimum Gasteiger partial charge on any atom is -0.465 e. The van der Waals surface area contributed by atoms with Crippen LogP contribution in [0.4, 0.5) is 0 Å². The average Bonchev–Trinajstić information content (AvgIpc) is 3.13. The van der Waals surface area contributed by atoms with Gasteiger partial charge in [0, 0.05) is 26.1 Å². The molecule has 0 bridgehead atoms. The SMILES string of the molecule is COC(=O)c1cc(CN(C)C(=O)C2CCN(S(=O)(=O)c3ccccc3)CC2)oc1C. The second-order valence-corrected chi connectivity index (χ2v) is 9.30. The van der Waals surface area contributed by atoms with E-state index in [9.17, 15) is 18.0 Å². The van der Waals surface area contributed by atoms with Crippen molar-refractivity contribution in [2.24, 2.45) is 5.92 Å². The first-order valence-corrected chi connectivity index (χ1v) is 11.2. The lowest BCUT2D eigenvalue weighted by Gasteiger charge is -2.32. The Labute approximate surface area is 176 Å². The van der Waals surface area contributed by atoms with E-state index in [1.165, 1.54) is 11.4 Å². The molecule has 1 aliphatic rings. The van der Waals surface area contributed by atoms with Crippen LogP contribution in [0, 0.1) is 12.8 Å². The highest BCUT2D eigenvalue weighted by Crippen LogP contribution is 2.25. The molecule has 0 unspecified atom stereocenters. The van der Waals surface area contributed by atoms with Gasteiger partial charge < -0.3 is 14.1 Å². The van der Waals surface area contributed by atoms with E-state index in [4.69, 9.17) is 9.15 Å². The molecule has 1 fully saturated rings. The zero-order chi connectivity index (χ0) is 21.9. The van der Waals surface area contributed by atoms with E-state index < -0.39 is 16.0 Å². The molecule has 2 aromatic rings. The standard InChI is InChI=1S/C21H26N2O6S/c1-15-19(21(25)28-3)13-17(29-15)14-22(2)20(24)16-9-11-23(12-10-16)30(26,27)18-7-5-4-6-8-18/h4-8,13,16H,9-12,14H2,1-3H3. The molecule has 30 heavy (non-hydrogen) atoms. The molecule has 3 rings (SSSR count). The van der Waals surface area contributed by atoms with E-state index in [0.29, 0.717) is 43.0 Å². The van der Waals surface area contributed by atoms with E-state index >= 15 is 0 Å². The van der Waals surface area contributed by atoms with Gasteiger partial charge in [-0.25, -0.2) is 13.2 Å². The fourth-order valence-corrected chi connectivity index (χ4v) is 5.13. The molecule has 1 saturated heterocycles. The van der Waals surface area contributed by atoms with Crippen molar-refractivity contribution in [3.05, 3.63) is 53.5 Å². The number of benzene rings is 1. The van der Waals surface area contributed by atoms with Crippen molar-refractivity contribution in [1.29, 1.82) is 0 Å².